The molecule has 4 fully saturated rings. The molecule has 35 heavy (non-hydrogen) atoms. The Labute approximate surface area is 212 Å². The largest absolute Gasteiger partial charge is 0.469 e. The number of fused-ring (bicyclic) bond motifs is 7. The van der Waals surface area contributed by atoms with E-state index in [0.29, 0.717) is 29.6 Å². The fraction of sp³-hybridized carbons (Fsp3) is 0.871. The number of esters is 1. The molecule has 5 aliphatic carbocycles. The molecular formula is C31H48O4. The van der Waals surface area contributed by atoms with Crippen LogP contribution in [0.4, 0.5) is 0 Å². The highest BCUT2D eigenvalue weighted by Crippen LogP contribution is 2.75. The molecule has 4 nitrogen and oxygen atoms in total. The van der Waals surface area contributed by atoms with Crippen LogP contribution in [0, 0.1) is 56.7 Å². The van der Waals surface area contributed by atoms with Crippen molar-refractivity contribution in [1.29, 1.82) is 0 Å². The maximum absolute atomic E-state index is 14.3. The van der Waals surface area contributed by atoms with Crippen molar-refractivity contribution in [2.75, 3.05) is 7.11 Å². The van der Waals surface area contributed by atoms with Gasteiger partial charge in [-0.25, -0.2) is 0 Å². The Morgan fingerprint density at radius 3 is 2.31 bits per heavy atom. The predicted molar refractivity (Wildman–Crippen MR) is 137 cm³/mol. The molecule has 5 rings (SSSR count). The van der Waals surface area contributed by atoms with E-state index in [1.165, 1.54) is 31.9 Å². The van der Waals surface area contributed by atoms with Crippen molar-refractivity contribution in [3.63, 3.8) is 0 Å². The van der Waals surface area contributed by atoms with Crippen molar-refractivity contribution in [2.45, 2.75) is 106 Å². The average Bonchev–Trinajstić information content (AvgIpc) is 2.80. The minimum absolute atomic E-state index is 0.00716. The zero-order valence-electron chi connectivity index (χ0n) is 23.4. The number of rotatable bonds is 1. The highest BCUT2D eigenvalue weighted by atomic mass is 16.5. The molecule has 0 aromatic rings. The Morgan fingerprint density at radius 2 is 1.66 bits per heavy atom. The van der Waals surface area contributed by atoms with Gasteiger partial charge >= 0.3 is 5.97 Å². The minimum Gasteiger partial charge on any atom is -0.469 e. The van der Waals surface area contributed by atoms with Crippen LogP contribution in [0.25, 0.3) is 0 Å². The molecule has 0 saturated heterocycles. The van der Waals surface area contributed by atoms with Crippen LogP contribution in [0.15, 0.2) is 11.6 Å². The van der Waals surface area contributed by atoms with Crippen LogP contribution in [-0.2, 0) is 14.3 Å². The lowest BCUT2D eigenvalue weighted by Gasteiger charge is -2.70. The van der Waals surface area contributed by atoms with Crippen LogP contribution in [-0.4, -0.2) is 30.1 Å². The van der Waals surface area contributed by atoms with Gasteiger partial charge in [0.25, 0.3) is 0 Å². The summed E-state index contributed by atoms with van der Waals surface area (Å²) in [5.74, 6) is 1.52. The van der Waals surface area contributed by atoms with Crippen LogP contribution in [0.1, 0.15) is 99.8 Å². The second-order valence-electron chi connectivity index (χ2n) is 14.6. The zero-order valence-corrected chi connectivity index (χ0v) is 23.4. The molecule has 0 heterocycles. The molecule has 1 N–H and O–H groups in total. The third-order valence-corrected chi connectivity index (χ3v) is 13.4. The third kappa shape index (κ3) is 2.95. The van der Waals surface area contributed by atoms with Crippen molar-refractivity contribution in [3.8, 4) is 0 Å². The van der Waals surface area contributed by atoms with Crippen molar-refractivity contribution >= 4 is 11.8 Å². The topological polar surface area (TPSA) is 63.6 Å². The van der Waals surface area contributed by atoms with Gasteiger partial charge in [-0.2, -0.15) is 0 Å². The Kier molecular flexibility index (Phi) is 5.59. The summed E-state index contributed by atoms with van der Waals surface area (Å²) in [4.78, 5) is 27.4. The molecule has 11 atom stereocenters. The lowest BCUT2D eigenvalue weighted by atomic mass is 9.33. The van der Waals surface area contributed by atoms with Crippen LogP contribution < -0.4 is 0 Å². The Hall–Kier alpha value is -1.16. The van der Waals surface area contributed by atoms with Crippen molar-refractivity contribution in [1.82, 2.24) is 0 Å². The lowest BCUT2D eigenvalue weighted by molar-refractivity contribution is -0.216. The van der Waals surface area contributed by atoms with E-state index in [9.17, 15) is 14.7 Å². The maximum atomic E-state index is 14.3. The summed E-state index contributed by atoms with van der Waals surface area (Å²) in [5, 5.41) is 11.1. The molecule has 4 heteroatoms. The van der Waals surface area contributed by atoms with Gasteiger partial charge in [0.15, 0.2) is 5.78 Å². The third-order valence-electron chi connectivity index (χ3n) is 13.4. The van der Waals surface area contributed by atoms with Gasteiger partial charge in [0.05, 0.1) is 18.6 Å². The summed E-state index contributed by atoms with van der Waals surface area (Å²) in [6.45, 7) is 16.4. The van der Waals surface area contributed by atoms with Gasteiger partial charge in [0.2, 0.25) is 0 Å². The molecule has 196 valence electrons. The van der Waals surface area contributed by atoms with E-state index in [1.54, 1.807) is 0 Å². The number of ether oxygens (including phenoxy) is 1. The van der Waals surface area contributed by atoms with Gasteiger partial charge in [-0.05, 0) is 110 Å². The van der Waals surface area contributed by atoms with Crippen LogP contribution in [0.5, 0.6) is 0 Å². The van der Waals surface area contributed by atoms with E-state index < -0.39 is 11.5 Å². The van der Waals surface area contributed by atoms with Gasteiger partial charge in [-0.1, -0.05) is 47.1 Å². The predicted octanol–water partition coefficient (Wildman–Crippen LogP) is 6.36. The zero-order chi connectivity index (χ0) is 25.8. The fourth-order valence-electron chi connectivity index (χ4n) is 10.9. The standard InChI is InChI=1S/C31H48O4/c1-18-9-12-27(3)15-16-29(5)20(24(27)19(18)2)17-21(32)25-28(4)13-11-23(33)31(7,26(34)35-8)22(28)10-14-30(25,29)6/h17-19,22-25,33H,9-16H2,1-8H3/t18-,19+,22?,23+,24?,25?,27-,28+,29-,30-,31-/m1/s1. The Balaban J connectivity index is 1.64. The SMILES string of the molecule is COC(=O)[C@]1(C)C2CC[C@]3(C)C(C(=O)C=C4C5[C@@H](C)[C@H](C)CC[C@]5(C)CC[C@]43C)[C@@]2(C)CC[C@@H]1O. The van der Waals surface area contributed by atoms with Crippen LogP contribution >= 0.6 is 0 Å². The summed E-state index contributed by atoms with van der Waals surface area (Å²) in [6.07, 6.45) is 9.42. The molecule has 5 aliphatic rings. The average molecular weight is 485 g/mol. The number of methoxy groups -OCH3 is 1. The smallest absolute Gasteiger partial charge is 0.314 e. The van der Waals surface area contributed by atoms with E-state index in [-0.39, 0.29) is 39.8 Å². The van der Waals surface area contributed by atoms with Crippen molar-refractivity contribution < 1.29 is 19.4 Å². The number of carbonyl (C=O) groups is 2. The quantitative estimate of drug-likeness (QED) is 0.440. The minimum atomic E-state index is -0.966. The maximum Gasteiger partial charge on any atom is 0.314 e. The number of carbonyl (C=O) groups excluding carboxylic acids is 2. The van der Waals surface area contributed by atoms with Gasteiger partial charge in [0, 0.05) is 5.92 Å². The van der Waals surface area contributed by atoms with Gasteiger partial charge < -0.3 is 9.84 Å². The number of hydrogen-bond donors (Lipinski definition) is 1. The Morgan fingerprint density at radius 1 is 0.971 bits per heavy atom. The fourth-order valence-corrected chi connectivity index (χ4v) is 10.9. The summed E-state index contributed by atoms with van der Waals surface area (Å²) >= 11 is 0. The first-order chi connectivity index (χ1) is 16.2. The molecule has 4 saturated carbocycles. The number of ketones is 1. The highest BCUT2D eigenvalue weighted by molar-refractivity contribution is 5.96. The first-order valence-electron chi connectivity index (χ1n) is 14.2. The summed E-state index contributed by atoms with van der Waals surface area (Å²) in [7, 11) is 1.42. The summed E-state index contributed by atoms with van der Waals surface area (Å²) in [6, 6.07) is 0. The monoisotopic (exact) mass is 484 g/mol. The van der Waals surface area contributed by atoms with Gasteiger partial charge in [-0.3, -0.25) is 9.59 Å². The molecular weight excluding hydrogens is 436 g/mol. The van der Waals surface area contributed by atoms with E-state index in [0.717, 1.165) is 25.7 Å². The lowest BCUT2D eigenvalue weighted by Crippen LogP contribution is -2.68. The van der Waals surface area contributed by atoms with Crippen LogP contribution in [0.3, 0.4) is 0 Å². The first kappa shape index (κ1) is 25.5. The van der Waals surface area contributed by atoms with E-state index in [1.807, 2.05) is 6.92 Å². The number of aliphatic hydroxyl groups excluding tert-OH is 1. The summed E-state index contributed by atoms with van der Waals surface area (Å²) < 4.78 is 5.25. The van der Waals surface area contributed by atoms with Crippen molar-refractivity contribution in [3.05, 3.63) is 11.6 Å². The molecule has 0 aromatic heterocycles. The molecule has 0 radical (unpaired) electrons. The van der Waals surface area contributed by atoms with Crippen LogP contribution in [0.2, 0.25) is 0 Å². The molecule has 0 spiro atoms. The second kappa shape index (κ2) is 7.68. The molecule has 0 aromatic carbocycles. The number of allylic oxidation sites excluding steroid dienone is 2. The number of aliphatic hydroxyl groups is 1. The van der Waals surface area contributed by atoms with Gasteiger partial charge in [-0.15, -0.1) is 0 Å². The Bertz CT molecular complexity index is 969. The first-order valence-corrected chi connectivity index (χ1v) is 14.2. The molecule has 3 unspecified atom stereocenters. The highest BCUT2D eigenvalue weighted by Gasteiger charge is 2.71. The molecule has 0 amide bonds. The normalized spacial score (nSPS) is 55.6. The number of hydrogen-bond acceptors (Lipinski definition) is 4. The second-order valence-corrected chi connectivity index (χ2v) is 14.6. The van der Waals surface area contributed by atoms with Gasteiger partial charge in [0.1, 0.15) is 0 Å². The molecule has 0 bridgehead atoms. The van der Waals surface area contributed by atoms with E-state index in [4.69, 9.17) is 4.74 Å². The van der Waals surface area contributed by atoms with E-state index >= 15 is 0 Å². The molecule has 0 aliphatic heterocycles. The summed E-state index contributed by atoms with van der Waals surface area (Å²) in [5.41, 5.74) is 0.298. The van der Waals surface area contributed by atoms with E-state index in [2.05, 4.69) is 47.6 Å². The van der Waals surface area contributed by atoms with Crippen molar-refractivity contribution in [2.24, 2.45) is 56.7 Å².